The molecule has 0 aromatic rings. The second-order valence-electron chi connectivity index (χ2n) is 4.11. The number of aliphatic carboxylic acids is 2. The standard InChI is InChI=1S/C10H16O4.2Na/c1-10(8(11)12,9(13)14)7-5-3-2-4-6-7;;/h7H,2-6H2,1H3,(H,11,12)(H,13,14);;/q;2*+1/p-2. The Balaban J connectivity index is 0. The van der Waals surface area contributed by atoms with E-state index >= 15 is 0 Å². The fraction of sp³-hybridized carbons (Fsp3) is 0.800. The third-order valence-electron chi connectivity index (χ3n) is 3.27. The quantitative estimate of drug-likeness (QED) is 0.365. The Hall–Kier alpha value is 0.940. The molecule has 80 valence electrons. The molecule has 0 unspecified atom stereocenters. The van der Waals surface area contributed by atoms with E-state index in [0.717, 1.165) is 19.3 Å². The van der Waals surface area contributed by atoms with Crippen LogP contribution in [0.5, 0.6) is 0 Å². The summed E-state index contributed by atoms with van der Waals surface area (Å²) in [5.41, 5.74) is -1.82. The average Bonchev–Trinajstić information content (AvgIpc) is 2.17. The van der Waals surface area contributed by atoms with Crippen molar-refractivity contribution < 1.29 is 78.9 Å². The molecular weight excluding hydrogens is 230 g/mol. The van der Waals surface area contributed by atoms with Gasteiger partial charge in [0.25, 0.3) is 0 Å². The van der Waals surface area contributed by atoms with E-state index in [4.69, 9.17) is 0 Å². The summed E-state index contributed by atoms with van der Waals surface area (Å²) in [4.78, 5) is 21.7. The van der Waals surface area contributed by atoms with Crippen LogP contribution in [0.3, 0.4) is 0 Å². The van der Waals surface area contributed by atoms with Gasteiger partial charge >= 0.3 is 59.1 Å². The molecule has 1 rings (SSSR count). The molecule has 1 aliphatic carbocycles. The molecule has 0 aliphatic heterocycles. The number of carboxylic acid groups (broad SMARTS) is 2. The Labute approximate surface area is 140 Å². The minimum Gasteiger partial charge on any atom is -0.549 e. The van der Waals surface area contributed by atoms with E-state index in [2.05, 4.69) is 0 Å². The smallest absolute Gasteiger partial charge is 0.549 e. The van der Waals surface area contributed by atoms with Crippen molar-refractivity contribution in [2.24, 2.45) is 11.3 Å². The molecular formula is C10H14Na2O4. The molecule has 0 aromatic carbocycles. The van der Waals surface area contributed by atoms with Gasteiger partial charge in [0.05, 0.1) is 11.9 Å². The summed E-state index contributed by atoms with van der Waals surface area (Å²) >= 11 is 0. The molecule has 0 aromatic heterocycles. The van der Waals surface area contributed by atoms with Crippen molar-refractivity contribution in [3.05, 3.63) is 0 Å². The van der Waals surface area contributed by atoms with E-state index in [0.29, 0.717) is 12.8 Å². The second kappa shape index (κ2) is 8.11. The van der Waals surface area contributed by atoms with Crippen LogP contribution in [-0.2, 0) is 9.59 Å². The minimum absolute atomic E-state index is 0. The van der Waals surface area contributed by atoms with Gasteiger partial charge in [-0.25, -0.2) is 0 Å². The van der Waals surface area contributed by atoms with Gasteiger partial charge in [-0.15, -0.1) is 0 Å². The first-order valence-electron chi connectivity index (χ1n) is 4.92. The van der Waals surface area contributed by atoms with Gasteiger partial charge in [0, 0.05) is 5.41 Å². The summed E-state index contributed by atoms with van der Waals surface area (Å²) in [5.74, 6) is -3.39. The van der Waals surface area contributed by atoms with Gasteiger partial charge in [-0.1, -0.05) is 19.3 Å². The summed E-state index contributed by atoms with van der Waals surface area (Å²) in [7, 11) is 0. The van der Waals surface area contributed by atoms with E-state index in [9.17, 15) is 19.8 Å². The van der Waals surface area contributed by atoms with Crippen LogP contribution in [0.2, 0.25) is 0 Å². The molecule has 0 heterocycles. The Bertz CT molecular complexity index is 235. The predicted octanol–water partition coefficient (Wildman–Crippen LogP) is -6.92. The van der Waals surface area contributed by atoms with Gasteiger partial charge in [-0.3, -0.25) is 0 Å². The molecule has 0 atom stereocenters. The predicted molar refractivity (Wildman–Crippen MR) is 44.7 cm³/mol. The number of hydrogen-bond acceptors (Lipinski definition) is 4. The third kappa shape index (κ3) is 4.00. The number of carboxylic acids is 2. The van der Waals surface area contributed by atoms with Gasteiger partial charge in [0.15, 0.2) is 0 Å². The molecule has 0 radical (unpaired) electrons. The first kappa shape index (κ1) is 19.3. The van der Waals surface area contributed by atoms with Crippen LogP contribution in [0, 0.1) is 11.3 Å². The van der Waals surface area contributed by atoms with Crippen LogP contribution in [0.4, 0.5) is 0 Å². The molecule has 6 heteroatoms. The maximum absolute atomic E-state index is 10.8. The number of rotatable bonds is 3. The molecule has 0 bridgehead atoms. The van der Waals surface area contributed by atoms with Crippen molar-refractivity contribution in [3.8, 4) is 0 Å². The van der Waals surface area contributed by atoms with Crippen LogP contribution in [-0.4, -0.2) is 11.9 Å². The maximum Gasteiger partial charge on any atom is 1.00 e. The van der Waals surface area contributed by atoms with Gasteiger partial charge in [0.1, 0.15) is 0 Å². The summed E-state index contributed by atoms with van der Waals surface area (Å²) in [6.07, 6.45) is 4.10. The molecule has 1 aliphatic rings. The van der Waals surface area contributed by atoms with Gasteiger partial charge in [-0.2, -0.15) is 0 Å². The number of hydrogen-bond donors (Lipinski definition) is 0. The summed E-state index contributed by atoms with van der Waals surface area (Å²) in [5, 5.41) is 21.7. The van der Waals surface area contributed by atoms with Crippen LogP contribution >= 0.6 is 0 Å². The van der Waals surface area contributed by atoms with Gasteiger partial charge in [-0.05, 0) is 25.7 Å². The Morgan fingerprint density at radius 3 is 1.69 bits per heavy atom. The average molecular weight is 244 g/mol. The maximum atomic E-state index is 10.8. The van der Waals surface area contributed by atoms with Crippen molar-refractivity contribution in [2.75, 3.05) is 0 Å². The van der Waals surface area contributed by atoms with Crippen molar-refractivity contribution >= 4 is 11.9 Å². The molecule has 4 nitrogen and oxygen atoms in total. The molecule has 1 saturated carbocycles. The summed E-state index contributed by atoms with van der Waals surface area (Å²) < 4.78 is 0. The van der Waals surface area contributed by atoms with Crippen molar-refractivity contribution in [3.63, 3.8) is 0 Å². The number of carbonyl (C=O) groups excluding carboxylic acids is 2. The SMILES string of the molecule is CC(C(=O)[O-])(C(=O)[O-])C1CCCCC1.[Na+].[Na+]. The summed E-state index contributed by atoms with van der Waals surface area (Å²) in [6.45, 7) is 1.20. The Kier molecular flexibility index (Phi) is 9.78. The molecule has 1 fully saturated rings. The Morgan fingerprint density at radius 2 is 1.38 bits per heavy atom. The van der Waals surface area contributed by atoms with Gasteiger partial charge < -0.3 is 19.8 Å². The van der Waals surface area contributed by atoms with Crippen molar-refractivity contribution in [2.45, 2.75) is 39.0 Å². The molecule has 0 spiro atoms. The topological polar surface area (TPSA) is 80.3 Å². The zero-order valence-corrected chi connectivity index (χ0v) is 14.2. The first-order chi connectivity index (χ1) is 6.49. The van der Waals surface area contributed by atoms with E-state index in [1.54, 1.807) is 0 Å². The van der Waals surface area contributed by atoms with Crippen molar-refractivity contribution in [1.82, 2.24) is 0 Å². The zero-order chi connectivity index (χ0) is 10.8. The van der Waals surface area contributed by atoms with E-state index in [1.165, 1.54) is 6.92 Å². The van der Waals surface area contributed by atoms with Crippen LogP contribution in [0.15, 0.2) is 0 Å². The van der Waals surface area contributed by atoms with Crippen molar-refractivity contribution in [1.29, 1.82) is 0 Å². The molecule has 0 amide bonds. The monoisotopic (exact) mass is 244 g/mol. The fourth-order valence-corrected chi connectivity index (χ4v) is 2.10. The normalized spacial score (nSPS) is 16.8. The van der Waals surface area contributed by atoms with E-state index < -0.39 is 17.4 Å². The largest absolute Gasteiger partial charge is 1.00 e. The Morgan fingerprint density at radius 1 is 1.00 bits per heavy atom. The number of carbonyl (C=O) groups is 2. The molecule has 0 N–H and O–H groups in total. The second-order valence-corrected chi connectivity index (χ2v) is 4.11. The van der Waals surface area contributed by atoms with E-state index in [1.807, 2.05) is 0 Å². The third-order valence-corrected chi connectivity index (χ3v) is 3.27. The van der Waals surface area contributed by atoms with Crippen LogP contribution in [0.25, 0.3) is 0 Å². The fourth-order valence-electron chi connectivity index (χ4n) is 2.10. The summed E-state index contributed by atoms with van der Waals surface area (Å²) in [6, 6.07) is 0. The molecule has 0 saturated heterocycles. The van der Waals surface area contributed by atoms with Gasteiger partial charge in [0.2, 0.25) is 0 Å². The molecule has 16 heavy (non-hydrogen) atoms. The van der Waals surface area contributed by atoms with Crippen LogP contribution < -0.4 is 69.3 Å². The minimum atomic E-state index is -1.82. The first-order valence-corrected chi connectivity index (χ1v) is 4.92. The van der Waals surface area contributed by atoms with Crippen LogP contribution in [0.1, 0.15) is 39.0 Å². The zero-order valence-electron chi connectivity index (χ0n) is 10.2. The van der Waals surface area contributed by atoms with E-state index in [-0.39, 0.29) is 65.0 Å².